The monoisotopic (exact) mass is 406 g/mol. The molecule has 0 radical (unpaired) electrons. The zero-order valence-electron chi connectivity index (χ0n) is 17.0. The minimum absolute atomic E-state index is 0.0387. The molecule has 0 bridgehead atoms. The van der Waals surface area contributed by atoms with Crippen LogP contribution >= 0.6 is 0 Å². The Morgan fingerprint density at radius 2 is 1.90 bits per heavy atom. The van der Waals surface area contributed by atoms with Crippen molar-refractivity contribution in [2.75, 3.05) is 43.1 Å². The lowest BCUT2D eigenvalue weighted by Crippen LogP contribution is -2.36. The molecule has 6 heteroatoms. The van der Waals surface area contributed by atoms with E-state index in [0.29, 0.717) is 19.0 Å². The van der Waals surface area contributed by atoms with E-state index < -0.39 is 0 Å². The second-order valence-corrected chi connectivity index (χ2v) is 7.82. The molecule has 1 N–H and O–H groups in total. The molecule has 156 valence electrons. The third-order valence-electron chi connectivity index (χ3n) is 5.83. The maximum absolute atomic E-state index is 12.6. The molecule has 1 aliphatic carbocycles. The molecule has 1 aromatic heterocycles. The van der Waals surface area contributed by atoms with Crippen molar-refractivity contribution >= 4 is 28.3 Å². The second-order valence-electron chi connectivity index (χ2n) is 7.82. The van der Waals surface area contributed by atoms with Crippen LogP contribution in [0.5, 0.6) is 5.75 Å². The van der Waals surface area contributed by atoms with Crippen LogP contribution in [0.15, 0.2) is 46.9 Å². The van der Waals surface area contributed by atoms with Gasteiger partial charge in [0.25, 0.3) is 5.91 Å². The van der Waals surface area contributed by atoms with Crippen molar-refractivity contribution in [3.8, 4) is 5.75 Å². The van der Waals surface area contributed by atoms with Gasteiger partial charge in [-0.2, -0.15) is 0 Å². The van der Waals surface area contributed by atoms with Gasteiger partial charge in [-0.3, -0.25) is 4.79 Å². The summed E-state index contributed by atoms with van der Waals surface area (Å²) in [6.45, 7) is 3.00. The average Bonchev–Trinajstić information content (AvgIpc) is 3.17. The van der Waals surface area contributed by atoms with Crippen molar-refractivity contribution in [3.63, 3.8) is 0 Å². The number of fused-ring (bicyclic) bond motifs is 3. The van der Waals surface area contributed by atoms with Crippen LogP contribution in [0.4, 0.5) is 11.4 Å². The normalized spacial score (nSPS) is 16.3. The largest absolute Gasteiger partial charge is 0.484 e. The fourth-order valence-corrected chi connectivity index (χ4v) is 4.33. The number of hydrogen-bond acceptors (Lipinski definition) is 5. The van der Waals surface area contributed by atoms with Gasteiger partial charge in [-0.15, -0.1) is 0 Å². The van der Waals surface area contributed by atoms with Crippen LogP contribution < -0.4 is 15.0 Å². The number of nitrogens with one attached hydrogen (secondary N) is 1. The Labute approximate surface area is 175 Å². The maximum Gasteiger partial charge on any atom is 0.262 e. The highest BCUT2D eigenvalue weighted by Gasteiger charge is 2.19. The van der Waals surface area contributed by atoms with Gasteiger partial charge in [0, 0.05) is 30.5 Å². The zero-order chi connectivity index (χ0) is 20.3. The number of anilines is 2. The van der Waals surface area contributed by atoms with Crippen LogP contribution in [0.1, 0.15) is 24.2 Å². The van der Waals surface area contributed by atoms with Gasteiger partial charge in [-0.1, -0.05) is 12.1 Å². The molecule has 30 heavy (non-hydrogen) atoms. The molecule has 1 aliphatic heterocycles. The fourth-order valence-electron chi connectivity index (χ4n) is 4.33. The van der Waals surface area contributed by atoms with Gasteiger partial charge >= 0.3 is 0 Å². The summed E-state index contributed by atoms with van der Waals surface area (Å²) in [6, 6.07) is 13.7. The van der Waals surface area contributed by atoms with Crippen molar-refractivity contribution in [2.24, 2.45) is 0 Å². The van der Waals surface area contributed by atoms with Crippen molar-refractivity contribution in [1.82, 2.24) is 0 Å². The Morgan fingerprint density at radius 1 is 1.07 bits per heavy atom. The van der Waals surface area contributed by atoms with E-state index in [-0.39, 0.29) is 12.5 Å². The molecular formula is C24H26N2O4. The maximum atomic E-state index is 12.6. The Morgan fingerprint density at radius 3 is 2.80 bits per heavy atom. The molecule has 0 spiro atoms. The highest BCUT2D eigenvalue weighted by atomic mass is 16.5. The minimum atomic E-state index is -0.176. The van der Waals surface area contributed by atoms with Gasteiger partial charge in [0.2, 0.25) is 0 Å². The topological polar surface area (TPSA) is 63.9 Å². The number of morpholine rings is 1. The molecule has 2 aliphatic rings. The number of furan rings is 1. The van der Waals surface area contributed by atoms with E-state index in [4.69, 9.17) is 13.9 Å². The van der Waals surface area contributed by atoms with Gasteiger partial charge < -0.3 is 24.1 Å². The molecule has 2 aromatic carbocycles. The first kappa shape index (κ1) is 19.0. The SMILES string of the molecule is O=C(COc1ccc2oc3c(c2c1)CCCC3)Nc1ccccc1N1CCOCC1. The summed E-state index contributed by atoms with van der Waals surface area (Å²) in [5, 5.41) is 4.11. The Balaban J connectivity index is 1.26. The molecule has 2 heterocycles. The van der Waals surface area contributed by atoms with E-state index >= 15 is 0 Å². The molecule has 0 unspecified atom stereocenters. The molecule has 5 rings (SSSR count). The average molecular weight is 406 g/mol. The number of hydrogen-bond donors (Lipinski definition) is 1. The molecule has 3 aromatic rings. The van der Waals surface area contributed by atoms with E-state index in [1.165, 1.54) is 18.4 Å². The highest BCUT2D eigenvalue weighted by molar-refractivity contribution is 5.95. The molecule has 1 saturated heterocycles. The molecule has 1 amide bonds. The summed E-state index contributed by atoms with van der Waals surface area (Å²) in [7, 11) is 0. The van der Waals surface area contributed by atoms with Crippen molar-refractivity contribution in [1.29, 1.82) is 0 Å². The number of benzene rings is 2. The smallest absolute Gasteiger partial charge is 0.262 e. The van der Waals surface area contributed by atoms with Crippen LogP contribution in [-0.4, -0.2) is 38.8 Å². The van der Waals surface area contributed by atoms with Crippen LogP contribution in [0, 0.1) is 0 Å². The number of rotatable bonds is 5. The zero-order valence-corrected chi connectivity index (χ0v) is 17.0. The number of amides is 1. The van der Waals surface area contributed by atoms with E-state index in [1.54, 1.807) is 0 Å². The summed E-state index contributed by atoms with van der Waals surface area (Å²) in [6.07, 6.45) is 4.43. The van der Waals surface area contributed by atoms with E-state index in [0.717, 1.165) is 54.0 Å². The minimum Gasteiger partial charge on any atom is -0.484 e. The number of carbonyl (C=O) groups is 1. The Bertz CT molecular complexity index is 1050. The lowest BCUT2D eigenvalue weighted by Gasteiger charge is -2.30. The third kappa shape index (κ3) is 3.87. The van der Waals surface area contributed by atoms with Crippen molar-refractivity contribution in [2.45, 2.75) is 25.7 Å². The quantitative estimate of drug-likeness (QED) is 0.689. The Kier molecular flexibility index (Phi) is 5.32. The van der Waals surface area contributed by atoms with Gasteiger partial charge in [-0.05, 0) is 49.6 Å². The predicted octanol–water partition coefficient (Wildman–Crippen LogP) is 4.17. The highest BCUT2D eigenvalue weighted by Crippen LogP contribution is 2.34. The molecule has 0 atom stereocenters. The van der Waals surface area contributed by atoms with Crippen LogP contribution in [0.25, 0.3) is 11.0 Å². The lowest BCUT2D eigenvalue weighted by molar-refractivity contribution is -0.118. The number of carbonyl (C=O) groups excluding carboxylic acids is 1. The van der Waals surface area contributed by atoms with Crippen LogP contribution in [0.3, 0.4) is 0 Å². The first-order valence-corrected chi connectivity index (χ1v) is 10.7. The van der Waals surface area contributed by atoms with E-state index in [2.05, 4.69) is 10.2 Å². The Hall–Kier alpha value is -2.99. The standard InChI is InChI=1S/C24H26N2O4/c27-24(25-20-6-2-3-7-21(20)26-11-13-28-14-12-26)16-29-17-9-10-23-19(15-17)18-5-1-4-8-22(18)30-23/h2-3,6-7,9-10,15H,1,4-5,8,11-14,16H2,(H,25,27). The van der Waals surface area contributed by atoms with Crippen LogP contribution in [-0.2, 0) is 22.4 Å². The molecular weight excluding hydrogens is 380 g/mol. The summed E-state index contributed by atoms with van der Waals surface area (Å²) < 4.78 is 17.2. The second kappa shape index (κ2) is 8.40. The molecule has 0 saturated carbocycles. The summed E-state index contributed by atoms with van der Waals surface area (Å²) in [5.74, 6) is 1.61. The lowest BCUT2D eigenvalue weighted by atomic mass is 9.96. The molecule has 6 nitrogen and oxygen atoms in total. The van der Waals surface area contributed by atoms with Gasteiger partial charge in [0.15, 0.2) is 6.61 Å². The fraction of sp³-hybridized carbons (Fsp3) is 0.375. The number of nitrogens with zero attached hydrogens (tertiary/aromatic N) is 1. The van der Waals surface area contributed by atoms with E-state index in [1.807, 2.05) is 42.5 Å². The molecule has 1 fully saturated rings. The summed E-state index contributed by atoms with van der Waals surface area (Å²) >= 11 is 0. The van der Waals surface area contributed by atoms with E-state index in [9.17, 15) is 4.79 Å². The first-order valence-electron chi connectivity index (χ1n) is 10.7. The van der Waals surface area contributed by atoms with Gasteiger partial charge in [0.05, 0.1) is 24.6 Å². The summed E-state index contributed by atoms with van der Waals surface area (Å²) in [5.41, 5.74) is 4.01. The number of para-hydroxylation sites is 2. The summed E-state index contributed by atoms with van der Waals surface area (Å²) in [4.78, 5) is 14.8. The number of ether oxygens (including phenoxy) is 2. The van der Waals surface area contributed by atoms with Crippen molar-refractivity contribution in [3.05, 3.63) is 53.8 Å². The first-order chi connectivity index (χ1) is 14.8. The third-order valence-corrected chi connectivity index (χ3v) is 5.83. The van der Waals surface area contributed by atoms with Gasteiger partial charge in [-0.25, -0.2) is 0 Å². The number of aryl methyl sites for hydroxylation is 2. The van der Waals surface area contributed by atoms with Gasteiger partial charge in [0.1, 0.15) is 17.1 Å². The predicted molar refractivity (Wildman–Crippen MR) is 116 cm³/mol. The van der Waals surface area contributed by atoms with Crippen molar-refractivity contribution < 1.29 is 18.7 Å². The van der Waals surface area contributed by atoms with Crippen LogP contribution in [0.2, 0.25) is 0 Å².